The Morgan fingerprint density at radius 1 is 1.06 bits per heavy atom. The van der Waals surface area contributed by atoms with E-state index in [1.54, 1.807) is 11.3 Å². The third-order valence-electron chi connectivity index (χ3n) is 2.61. The van der Waals surface area contributed by atoms with Crippen LogP contribution in [0, 0.1) is 20.8 Å². The van der Waals surface area contributed by atoms with Gasteiger partial charge in [0.2, 0.25) is 0 Å². The van der Waals surface area contributed by atoms with Gasteiger partial charge in [0.15, 0.2) is 0 Å². The second-order valence-corrected chi connectivity index (χ2v) is 5.94. The van der Waals surface area contributed by atoms with E-state index in [0.717, 1.165) is 26.9 Å². The highest BCUT2D eigenvalue weighted by Gasteiger charge is 2.13. The van der Waals surface area contributed by atoms with Crippen molar-refractivity contribution >= 4 is 33.1 Å². The van der Waals surface area contributed by atoms with Gasteiger partial charge in [-0.3, -0.25) is 0 Å². The summed E-state index contributed by atoms with van der Waals surface area (Å²) in [5.74, 6) is 0.825. The van der Waals surface area contributed by atoms with Crippen LogP contribution in [-0.4, -0.2) is 14.3 Å². The van der Waals surface area contributed by atoms with E-state index in [1.807, 2.05) is 13.8 Å². The quantitative estimate of drug-likeness (QED) is 0.670. The van der Waals surface area contributed by atoms with Crippen molar-refractivity contribution in [3.05, 3.63) is 28.5 Å². The summed E-state index contributed by atoms with van der Waals surface area (Å²) in [4.78, 5) is 9.06. The highest BCUT2D eigenvalue weighted by atomic mass is 32.1. The zero-order chi connectivity index (χ0) is 12.0. The lowest BCUT2D eigenvalue weighted by molar-refractivity contribution is 1.17. The van der Waals surface area contributed by atoms with Crippen molar-refractivity contribution in [1.29, 1.82) is 0 Å². The number of nitrogens with zero attached hydrogens (tertiary/aromatic N) is 3. The predicted molar refractivity (Wildman–Crippen MR) is 72.7 cm³/mol. The van der Waals surface area contributed by atoms with Gasteiger partial charge >= 0.3 is 0 Å². The van der Waals surface area contributed by atoms with Crippen LogP contribution in [0.3, 0.4) is 0 Å². The van der Waals surface area contributed by atoms with Gasteiger partial charge in [-0.1, -0.05) is 6.07 Å². The van der Waals surface area contributed by atoms with Crippen molar-refractivity contribution < 1.29 is 0 Å². The molecule has 0 aliphatic carbocycles. The molecule has 2 heterocycles. The zero-order valence-corrected chi connectivity index (χ0v) is 11.4. The second-order valence-electron chi connectivity index (χ2n) is 3.99. The van der Waals surface area contributed by atoms with Crippen LogP contribution < -0.4 is 0 Å². The maximum Gasteiger partial charge on any atom is 0.146 e. The van der Waals surface area contributed by atoms with Crippen LogP contribution in [0.15, 0.2) is 12.1 Å². The average molecular weight is 261 g/mol. The van der Waals surface area contributed by atoms with E-state index in [4.69, 9.17) is 0 Å². The lowest BCUT2D eigenvalue weighted by atomic mass is 10.1. The van der Waals surface area contributed by atoms with Crippen LogP contribution in [0.25, 0.3) is 20.8 Å². The van der Waals surface area contributed by atoms with Crippen LogP contribution in [0.5, 0.6) is 0 Å². The van der Waals surface area contributed by atoms with Crippen molar-refractivity contribution in [3.63, 3.8) is 0 Å². The van der Waals surface area contributed by atoms with Crippen molar-refractivity contribution in [2.45, 2.75) is 20.8 Å². The lowest BCUT2D eigenvalue weighted by Gasteiger charge is -1.99. The molecule has 0 amide bonds. The molecule has 0 aliphatic heterocycles. The van der Waals surface area contributed by atoms with Crippen LogP contribution in [0.1, 0.15) is 16.4 Å². The maximum atomic E-state index is 4.62. The second kappa shape index (κ2) is 3.85. The number of hydrogen-bond donors (Lipinski definition) is 0. The SMILES string of the molecule is Cc1nsc(-c2ccc(C)c3sc(C)nc23)n1. The molecule has 86 valence electrons. The molecule has 3 nitrogen and oxygen atoms in total. The molecule has 2 aromatic heterocycles. The van der Waals surface area contributed by atoms with Crippen molar-refractivity contribution in [3.8, 4) is 10.6 Å². The van der Waals surface area contributed by atoms with Crippen LogP contribution in [0.2, 0.25) is 0 Å². The van der Waals surface area contributed by atoms with E-state index in [9.17, 15) is 0 Å². The molecule has 0 saturated heterocycles. The van der Waals surface area contributed by atoms with E-state index in [1.165, 1.54) is 21.8 Å². The Bertz CT molecular complexity index is 697. The minimum atomic E-state index is 0.825. The van der Waals surface area contributed by atoms with Crippen molar-refractivity contribution in [2.24, 2.45) is 0 Å². The van der Waals surface area contributed by atoms with Gasteiger partial charge in [0.1, 0.15) is 10.8 Å². The Balaban J connectivity index is 2.33. The highest BCUT2D eigenvalue weighted by molar-refractivity contribution is 7.18. The molecule has 0 unspecified atom stereocenters. The molecule has 0 radical (unpaired) electrons. The van der Waals surface area contributed by atoms with Crippen LogP contribution in [0.4, 0.5) is 0 Å². The molecule has 0 bridgehead atoms. The highest BCUT2D eigenvalue weighted by Crippen LogP contribution is 2.34. The number of rotatable bonds is 1. The molecule has 0 saturated carbocycles. The number of aromatic nitrogens is 3. The molecule has 1 aromatic carbocycles. The zero-order valence-electron chi connectivity index (χ0n) is 9.81. The molecule has 0 aliphatic rings. The number of benzene rings is 1. The standard InChI is InChI=1S/C12H11N3S2/c1-6-4-5-9(12-13-7(2)15-17-12)10-11(6)16-8(3)14-10/h4-5H,1-3H3. The predicted octanol–water partition coefficient (Wildman–Crippen LogP) is 3.74. The first kappa shape index (κ1) is 10.8. The number of thiazole rings is 1. The molecule has 0 N–H and O–H groups in total. The van der Waals surface area contributed by atoms with Crippen molar-refractivity contribution in [2.75, 3.05) is 0 Å². The topological polar surface area (TPSA) is 38.7 Å². The number of hydrogen-bond acceptors (Lipinski definition) is 5. The van der Waals surface area contributed by atoms with E-state index in [2.05, 4.69) is 33.4 Å². The summed E-state index contributed by atoms with van der Waals surface area (Å²) in [5.41, 5.74) is 3.43. The fourth-order valence-electron chi connectivity index (χ4n) is 1.82. The summed E-state index contributed by atoms with van der Waals surface area (Å²) in [6, 6.07) is 4.22. The fourth-order valence-corrected chi connectivity index (χ4v) is 3.43. The van der Waals surface area contributed by atoms with Crippen LogP contribution in [-0.2, 0) is 0 Å². The summed E-state index contributed by atoms with van der Waals surface area (Å²) in [7, 11) is 0. The summed E-state index contributed by atoms with van der Waals surface area (Å²) in [6.07, 6.45) is 0. The van der Waals surface area contributed by atoms with Crippen LogP contribution >= 0.6 is 22.9 Å². The maximum absolute atomic E-state index is 4.62. The van der Waals surface area contributed by atoms with Gasteiger partial charge in [0.05, 0.1) is 15.2 Å². The smallest absolute Gasteiger partial charge is 0.146 e. The van der Waals surface area contributed by atoms with Gasteiger partial charge in [-0.05, 0) is 43.9 Å². The lowest BCUT2D eigenvalue weighted by Crippen LogP contribution is -1.82. The molecule has 3 rings (SSSR count). The largest absolute Gasteiger partial charge is 0.241 e. The Hall–Kier alpha value is -1.33. The molecule has 0 atom stereocenters. The third kappa shape index (κ3) is 1.75. The van der Waals surface area contributed by atoms with Gasteiger partial charge < -0.3 is 0 Å². The first-order valence-corrected chi connectivity index (χ1v) is 6.91. The molecule has 17 heavy (non-hydrogen) atoms. The van der Waals surface area contributed by atoms with Gasteiger partial charge in [-0.15, -0.1) is 11.3 Å². The van der Waals surface area contributed by atoms with E-state index in [-0.39, 0.29) is 0 Å². The average Bonchev–Trinajstić information content (AvgIpc) is 2.85. The third-order valence-corrected chi connectivity index (χ3v) is 4.55. The van der Waals surface area contributed by atoms with Gasteiger partial charge in [-0.25, -0.2) is 9.97 Å². The first-order valence-electron chi connectivity index (χ1n) is 5.32. The summed E-state index contributed by atoms with van der Waals surface area (Å²) in [5, 5.41) is 2.05. The minimum Gasteiger partial charge on any atom is -0.241 e. The van der Waals surface area contributed by atoms with Crippen molar-refractivity contribution in [1.82, 2.24) is 14.3 Å². The summed E-state index contributed by atoms with van der Waals surface area (Å²) in [6.45, 7) is 6.08. The molecular weight excluding hydrogens is 250 g/mol. The number of fused-ring (bicyclic) bond motifs is 1. The normalized spacial score (nSPS) is 11.2. The van der Waals surface area contributed by atoms with E-state index < -0.39 is 0 Å². The fraction of sp³-hybridized carbons (Fsp3) is 0.250. The Morgan fingerprint density at radius 2 is 1.88 bits per heavy atom. The monoisotopic (exact) mass is 261 g/mol. The molecule has 3 aromatic rings. The molecular formula is C12H11N3S2. The minimum absolute atomic E-state index is 0.825. The Morgan fingerprint density at radius 3 is 2.59 bits per heavy atom. The first-order chi connectivity index (χ1) is 8.15. The molecule has 0 spiro atoms. The summed E-state index contributed by atoms with van der Waals surface area (Å²) >= 11 is 3.18. The van der Waals surface area contributed by atoms with E-state index in [0.29, 0.717) is 0 Å². The van der Waals surface area contributed by atoms with Gasteiger partial charge in [-0.2, -0.15) is 4.37 Å². The molecule has 5 heteroatoms. The number of aryl methyl sites for hydroxylation is 3. The summed E-state index contributed by atoms with van der Waals surface area (Å²) < 4.78 is 5.49. The van der Waals surface area contributed by atoms with Gasteiger partial charge in [0, 0.05) is 5.56 Å². The van der Waals surface area contributed by atoms with Gasteiger partial charge in [0.25, 0.3) is 0 Å². The Labute approximate surface area is 107 Å². The van der Waals surface area contributed by atoms with E-state index >= 15 is 0 Å². The Kier molecular flexibility index (Phi) is 2.45. The molecule has 0 fully saturated rings.